The van der Waals surface area contributed by atoms with Crippen LogP contribution >= 0.6 is 0 Å². The average Bonchev–Trinajstić information content (AvgIpc) is 3.12. The highest BCUT2D eigenvalue weighted by Gasteiger charge is 2.32. The van der Waals surface area contributed by atoms with Gasteiger partial charge in [-0.3, -0.25) is 4.79 Å². The number of aliphatic hydroxyl groups excluding tert-OH is 1. The molecule has 0 unspecified atom stereocenters. The van der Waals surface area contributed by atoms with Gasteiger partial charge in [0.1, 0.15) is 11.5 Å². The highest BCUT2D eigenvalue weighted by Crippen LogP contribution is 2.27. The van der Waals surface area contributed by atoms with E-state index in [9.17, 15) is 9.90 Å². The first-order chi connectivity index (χ1) is 12.6. The van der Waals surface area contributed by atoms with Gasteiger partial charge in [-0.15, -0.1) is 0 Å². The maximum Gasteiger partial charge on any atom is 0.239 e. The zero-order chi connectivity index (χ0) is 18.5. The minimum absolute atomic E-state index is 0.150. The van der Waals surface area contributed by atoms with Crippen molar-refractivity contribution in [2.45, 2.75) is 44.2 Å². The van der Waals surface area contributed by atoms with E-state index >= 15 is 0 Å². The highest BCUT2D eigenvalue weighted by molar-refractivity contribution is 5.82. The molecule has 6 heteroatoms. The van der Waals surface area contributed by atoms with Crippen molar-refractivity contribution >= 4 is 5.91 Å². The van der Waals surface area contributed by atoms with Gasteiger partial charge in [0.15, 0.2) is 0 Å². The molecule has 1 amide bonds. The molecule has 26 heavy (non-hydrogen) atoms. The average molecular weight is 362 g/mol. The number of carbonyl (C=O) groups excluding carboxylic acids is 1. The summed E-state index contributed by atoms with van der Waals surface area (Å²) in [5, 5.41) is 12.7. The van der Waals surface area contributed by atoms with Gasteiger partial charge in [-0.2, -0.15) is 0 Å². The summed E-state index contributed by atoms with van der Waals surface area (Å²) in [4.78, 5) is 14.5. The Bertz CT molecular complexity index is 592. The number of nitrogens with one attached hydrogen (secondary N) is 1. The van der Waals surface area contributed by atoms with Crippen LogP contribution in [0.15, 0.2) is 18.2 Å². The minimum atomic E-state index is -0.388. The number of aliphatic hydroxyl groups is 1. The number of piperidine rings is 1. The molecule has 2 fully saturated rings. The molecule has 0 aromatic heterocycles. The van der Waals surface area contributed by atoms with Crippen LogP contribution in [0.3, 0.4) is 0 Å². The number of carbonyl (C=O) groups is 1. The van der Waals surface area contributed by atoms with Crippen molar-refractivity contribution in [2.75, 3.05) is 33.9 Å². The van der Waals surface area contributed by atoms with Gasteiger partial charge in [0, 0.05) is 25.7 Å². The number of hydrogen-bond acceptors (Lipinski definition) is 5. The van der Waals surface area contributed by atoms with Crippen LogP contribution < -0.4 is 14.8 Å². The number of rotatable bonds is 6. The normalized spacial score (nSPS) is 23.9. The van der Waals surface area contributed by atoms with Gasteiger partial charge in [-0.1, -0.05) is 0 Å². The Morgan fingerprint density at radius 1 is 1.19 bits per heavy atom. The van der Waals surface area contributed by atoms with Gasteiger partial charge >= 0.3 is 0 Å². The van der Waals surface area contributed by atoms with Gasteiger partial charge in [0.2, 0.25) is 5.91 Å². The quantitative estimate of drug-likeness (QED) is 0.804. The minimum Gasteiger partial charge on any atom is -0.497 e. The molecule has 1 aromatic rings. The van der Waals surface area contributed by atoms with Crippen LogP contribution in [0.4, 0.5) is 0 Å². The summed E-state index contributed by atoms with van der Waals surface area (Å²) < 4.78 is 10.7. The lowest BCUT2D eigenvalue weighted by molar-refractivity contribution is -0.134. The van der Waals surface area contributed by atoms with Crippen LogP contribution in [0.2, 0.25) is 0 Å². The van der Waals surface area contributed by atoms with E-state index in [1.54, 1.807) is 14.2 Å². The number of β-amino-alcohol motifs (C(OH)–C–C–N with tert-alkyl or cyclic N) is 1. The van der Waals surface area contributed by atoms with E-state index in [4.69, 9.17) is 9.47 Å². The lowest BCUT2D eigenvalue weighted by atomic mass is 9.90. The standard InChI is InChI=1S/C20H30N2O4/c1-25-17-9-15(10-18(12-17)26-2)4-3-14-5-7-22(8-6-14)20(24)19-11-16(23)13-21-19/h9-10,12,14,16,19,21,23H,3-8,11,13H2,1-2H3/t16-,19-/m0/s1. The summed E-state index contributed by atoms with van der Waals surface area (Å²) >= 11 is 0. The lowest BCUT2D eigenvalue weighted by Crippen LogP contribution is -2.47. The molecule has 0 radical (unpaired) electrons. The Hall–Kier alpha value is -1.79. The zero-order valence-corrected chi connectivity index (χ0v) is 15.7. The number of nitrogens with zero attached hydrogens (tertiary/aromatic N) is 1. The van der Waals surface area contributed by atoms with Crippen LogP contribution in [0.1, 0.15) is 31.2 Å². The van der Waals surface area contributed by atoms with E-state index in [-0.39, 0.29) is 18.1 Å². The molecule has 0 aliphatic carbocycles. The summed E-state index contributed by atoms with van der Waals surface area (Å²) in [5.41, 5.74) is 1.23. The molecule has 144 valence electrons. The Labute approximate surface area is 155 Å². The molecule has 2 aliphatic heterocycles. The zero-order valence-electron chi connectivity index (χ0n) is 15.7. The molecule has 2 saturated heterocycles. The molecule has 1 aromatic carbocycles. The van der Waals surface area contributed by atoms with Gasteiger partial charge in [0.25, 0.3) is 0 Å². The molecular formula is C20H30N2O4. The van der Waals surface area contributed by atoms with Crippen LogP contribution in [0.25, 0.3) is 0 Å². The number of ether oxygens (including phenoxy) is 2. The Morgan fingerprint density at radius 2 is 1.85 bits per heavy atom. The number of benzene rings is 1. The van der Waals surface area contributed by atoms with Crippen LogP contribution in [0, 0.1) is 5.92 Å². The van der Waals surface area contributed by atoms with Crippen molar-refractivity contribution in [2.24, 2.45) is 5.92 Å². The summed E-state index contributed by atoms with van der Waals surface area (Å²) in [5.74, 6) is 2.44. The second-order valence-corrected chi connectivity index (χ2v) is 7.38. The third kappa shape index (κ3) is 4.68. The molecule has 0 saturated carbocycles. The Kier molecular flexibility index (Phi) is 6.38. The maximum atomic E-state index is 12.5. The van der Waals surface area contributed by atoms with Crippen molar-refractivity contribution in [3.63, 3.8) is 0 Å². The van der Waals surface area contributed by atoms with E-state index in [2.05, 4.69) is 17.4 Å². The molecule has 0 spiro atoms. The molecule has 2 atom stereocenters. The van der Waals surface area contributed by atoms with Gasteiger partial charge in [-0.05, 0) is 55.7 Å². The van der Waals surface area contributed by atoms with Crippen molar-refractivity contribution in [3.05, 3.63) is 23.8 Å². The summed E-state index contributed by atoms with van der Waals surface area (Å²) in [7, 11) is 3.34. The summed E-state index contributed by atoms with van der Waals surface area (Å²) in [6.45, 7) is 2.16. The van der Waals surface area contributed by atoms with E-state index < -0.39 is 0 Å². The Balaban J connectivity index is 1.46. The van der Waals surface area contributed by atoms with E-state index in [1.807, 2.05) is 11.0 Å². The Morgan fingerprint density at radius 3 is 2.38 bits per heavy atom. The topological polar surface area (TPSA) is 71.0 Å². The first kappa shape index (κ1) is 19.0. The maximum absolute atomic E-state index is 12.5. The number of hydrogen-bond donors (Lipinski definition) is 2. The van der Waals surface area contributed by atoms with Crippen LogP contribution in [-0.4, -0.2) is 61.9 Å². The SMILES string of the molecule is COc1cc(CCC2CCN(C(=O)[C@@H]3C[C@H](O)CN3)CC2)cc(OC)c1. The van der Waals surface area contributed by atoms with Crippen LogP contribution in [-0.2, 0) is 11.2 Å². The smallest absolute Gasteiger partial charge is 0.239 e. The lowest BCUT2D eigenvalue weighted by Gasteiger charge is -2.33. The fourth-order valence-corrected chi connectivity index (χ4v) is 3.95. The van der Waals surface area contributed by atoms with Crippen molar-refractivity contribution in [1.29, 1.82) is 0 Å². The predicted molar refractivity (Wildman–Crippen MR) is 99.6 cm³/mol. The first-order valence-corrected chi connectivity index (χ1v) is 9.51. The van der Waals surface area contributed by atoms with Gasteiger partial charge in [-0.25, -0.2) is 0 Å². The molecule has 3 rings (SSSR count). The van der Waals surface area contributed by atoms with Crippen molar-refractivity contribution in [3.8, 4) is 11.5 Å². The monoisotopic (exact) mass is 362 g/mol. The molecule has 2 heterocycles. The number of likely N-dealkylation sites (tertiary alicyclic amines) is 1. The summed E-state index contributed by atoms with van der Waals surface area (Å²) in [6, 6.07) is 5.82. The van der Waals surface area contributed by atoms with Crippen molar-refractivity contribution in [1.82, 2.24) is 10.2 Å². The van der Waals surface area contributed by atoms with Crippen molar-refractivity contribution < 1.29 is 19.4 Å². The fourth-order valence-electron chi connectivity index (χ4n) is 3.95. The molecule has 2 aliphatic rings. The van der Waals surface area contributed by atoms with E-state index in [1.165, 1.54) is 5.56 Å². The summed E-state index contributed by atoms with van der Waals surface area (Å²) in [6.07, 6.45) is 4.34. The number of aryl methyl sites for hydroxylation is 1. The van der Waals surface area contributed by atoms with E-state index in [0.29, 0.717) is 18.9 Å². The molecule has 2 N–H and O–H groups in total. The largest absolute Gasteiger partial charge is 0.497 e. The molecule has 0 bridgehead atoms. The fraction of sp³-hybridized carbons (Fsp3) is 0.650. The number of methoxy groups -OCH3 is 2. The third-order valence-electron chi connectivity index (χ3n) is 5.58. The van der Waals surface area contributed by atoms with Crippen LogP contribution in [0.5, 0.6) is 11.5 Å². The van der Waals surface area contributed by atoms with Gasteiger partial charge < -0.3 is 24.8 Å². The van der Waals surface area contributed by atoms with Gasteiger partial charge in [0.05, 0.1) is 26.4 Å². The molecular weight excluding hydrogens is 332 g/mol. The predicted octanol–water partition coefficient (Wildman–Crippen LogP) is 1.60. The number of amides is 1. The molecule has 6 nitrogen and oxygen atoms in total. The first-order valence-electron chi connectivity index (χ1n) is 9.51. The third-order valence-corrected chi connectivity index (χ3v) is 5.58. The second-order valence-electron chi connectivity index (χ2n) is 7.38. The highest BCUT2D eigenvalue weighted by atomic mass is 16.5. The van der Waals surface area contributed by atoms with E-state index in [0.717, 1.165) is 50.3 Å². The second kappa shape index (κ2) is 8.73.